The molecule has 0 bridgehead atoms. The summed E-state index contributed by atoms with van der Waals surface area (Å²) in [4.78, 5) is 19.6. The number of rotatable bonds is 4. The topological polar surface area (TPSA) is 83.9 Å². The lowest BCUT2D eigenvalue weighted by Crippen LogP contribution is -2.56. The second-order valence-corrected chi connectivity index (χ2v) is 11.1. The lowest BCUT2D eigenvalue weighted by atomic mass is 9.85. The van der Waals surface area contributed by atoms with Crippen LogP contribution in [-0.2, 0) is 14.3 Å². The van der Waals surface area contributed by atoms with Crippen LogP contribution in [0.15, 0.2) is 24.4 Å². The van der Waals surface area contributed by atoms with Gasteiger partial charge in [-0.1, -0.05) is 11.6 Å². The van der Waals surface area contributed by atoms with E-state index in [2.05, 4.69) is 28.2 Å². The highest BCUT2D eigenvalue weighted by molar-refractivity contribution is 6.32. The van der Waals surface area contributed by atoms with E-state index in [0.717, 1.165) is 60.3 Å². The molecular formula is C26H32ClN3O4. The summed E-state index contributed by atoms with van der Waals surface area (Å²) in [7, 11) is 0. The number of aliphatic hydroxyl groups is 1. The Hall–Kier alpha value is -1.77. The zero-order chi connectivity index (χ0) is 23.4. The Balaban J connectivity index is 1.16. The molecule has 7 nitrogen and oxygen atoms in total. The van der Waals surface area contributed by atoms with Gasteiger partial charge in [-0.05, 0) is 86.2 Å². The van der Waals surface area contributed by atoms with Gasteiger partial charge in [-0.3, -0.25) is 9.69 Å². The first-order valence-electron chi connectivity index (χ1n) is 12.4. The number of nitrogens with one attached hydrogen (secondary N) is 1. The lowest BCUT2D eigenvalue weighted by Gasteiger charge is -2.43. The third kappa shape index (κ3) is 3.91. The number of fused-ring (bicyclic) bond motifs is 2. The van der Waals surface area contributed by atoms with Crippen LogP contribution in [-0.4, -0.2) is 72.1 Å². The second-order valence-electron chi connectivity index (χ2n) is 10.6. The van der Waals surface area contributed by atoms with Crippen LogP contribution in [0.4, 0.5) is 5.82 Å². The largest absolute Gasteiger partial charge is 0.389 e. The number of benzene rings is 1. The van der Waals surface area contributed by atoms with Crippen molar-refractivity contribution in [3.05, 3.63) is 35.0 Å². The summed E-state index contributed by atoms with van der Waals surface area (Å²) >= 11 is 6.71. The van der Waals surface area contributed by atoms with Crippen molar-refractivity contribution in [3.63, 3.8) is 0 Å². The highest BCUT2D eigenvalue weighted by Gasteiger charge is 2.55. The molecule has 1 aromatic heterocycles. The minimum absolute atomic E-state index is 0.0524. The van der Waals surface area contributed by atoms with Crippen LogP contribution in [0, 0.1) is 17.8 Å². The quantitative estimate of drug-likeness (QED) is 0.690. The molecule has 6 rings (SSSR count). The van der Waals surface area contributed by atoms with Crippen LogP contribution in [0.5, 0.6) is 0 Å². The SMILES string of the molecule is C[C@]1(N2CCC(c3cc4cc(NC(=O)[C@@H]5[C@@H]6COCC[C@@H]65)ncc4cc3Cl)CC2)COC[C@H]1O. The molecule has 2 aromatic rings. The third-order valence-corrected chi connectivity index (χ3v) is 9.00. The Labute approximate surface area is 204 Å². The highest BCUT2D eigenvalue weighted by Crippen LogP contribution is 2.51. The maximum atomic E-state index is 12.8. The van der Waals surface area contributed by atoms with E-state index in [1.807, 2.05) is 12.1 Å². The first kappa shape index (κ1) is 22.7. The Bertz CT molecular complexity index is 1090. The molecule has 3 saturated heterocycles. The molecule has 4 aliphatic rings. The zero-order valence-electron chi connectivity index (χ0n) is 19.5. The summed E-state index contributed by atoms with van der Waals surface area (Å²) in [5.74, 6) is 1.89. The van der Waals surface area contributed by atoms with Gasteiger partial charge in [0, 0.05) is 29.1 Å². The first-order valence-corrected chi connectivity index (χ1v) is 12.8. The number of hydrogen-bond donors (Lipinski definition) is 2. The minimum Gasteiger partial charge on any atom is -0.389 e. The number of likely N-dealkylation sites (tertiary alicyclic amines) is 1. The van der Waals surface area contributed by atoms with Crippen molar-refractivity contribution in [1.82, 2.24) is 9.88 Å². The lowest BCUT2D eigenvalue weighted by molar-refractivity contribution is -0.117. The van der Waals surface area contributed by atoms with Crippen LogP contribution >= 0.6 is 11.6 Å². The number of nitrogens with zero attached hydrogens (tertiary/aromatic N) is 2. The van der Waals surface area contributed by atoms with Crippen LogP contribution in [0.3, 0.4) is 0 Å². The standard InChI is InChI=1S/C26H32ClN3O4/c1-26(14-34-13-22(26)31)30-5-2-15(3-6-30)19-8-16-10-23(28-11-17(16)9-21(19)27)29-25(32)24-18-4-7-33-12-20(18)24/h8-11,15,18,20,22,24,31H,2-7,12-14H2,1H3,(H,28,29,32)/t18-,20+,22+,24-,26-/m0/s1. The smallest absolute Gasteiger partial charge is 0.229 e. The normalized spacial score (nSPS) is 34.2. The number of aliphatic hydroxyl groups excluding tert-OH is 1. The fraction of sp³-hybridized carbons (Fsp3) is 0.615. The summed E-state index contributed by atoms with van der Waals surface area (Å²) < 4.78 is 11.0. The van der Waals surface area contributed by atoms with Crippen molar-refractivity contribution in [2.24, 2.45) is 17.8 Å². The van der Waals surface area contributed by atoms with E-state index in [1.165, 1.54) is 0 Å². The number of carbonyl (C=O) groups is 1. The molecule has 1 aliphatic carbocycles. The van der Waals surface area contributed by atoms with Gasteiger partial charge < -0.3 is 19.9 Å². The maximum absolute atomic E-state index is 12.8. The van der Waals surface area contributed by atoms with E-state index in [4.69, 9.17) is 21.1 Å². The predicted octanol–water partition coefficient (Wildman–Crippen LogP) is 3.44. The zero-order valence-corrected chi connectivity index (χ0v) is 20.3. The van der Waals surface area contributed by atoms with E-state index in [0.29, 0.717) is 43.4 Å². The molecule has 1 aromatic carbocycles. The van der Waals surface area contributed by atoms with Gasteiger partial charge in [0.15, 0.2) is 0 Å². The average molecular weight is 486 g/mol. The van der Waals surface area contributed by atoms with Gasteiger partial charge in [-0.2, -0.15) is 0 Å². The Morgan fingerprint density at radius 1 is 1.15 bits per heavy atom. The van der Waals surface area contributed by atoms with Gasteiger partial charge in [0.1, 0.15) is 5.82 Å². The van der Waals surface area contributed by atoms with Crippen LogP contribution in [0.2, 0.25) is 5.02 Å². The molecule has 34 heavy (non-hydrogen) atoms. The van der Waals surface area contributed by atoms with Gasteiger partial charge in [-0.15, -0.1) is 0 Å². The van der Waals surface area contributed by atoms with Crippen molar-refractivity contribution in [2.45, 2.75) is 43.7 Å². The molecule has 1 saturated carbocycles. The van der Waals surface area contributed by atoms with Crippen molar-refractivity contribution >= 4 is 34.1 Å². The summed E-state index contributed by atoms with van der Waals surface area (Å²) in [5.41, 5.74) is 0.846. The summed E-state index contributed by atoms with van der Waals surface area (Å²) in [6.07, 6.45) is 4.28. The van der Waals surface area contributed by atoms with Crippen LogP contribution < -0.4 is 5.32 Å². The number of halogens is 1. The predicted molar refractivity (Wildman–Crippen MR) is 130 cm³/mol. The van der Waals surface area contributed by atoms with Crippen LogP contribution in [0.25, 0.3) is 10.8 Å². The van der Waals surface area contributed by atoms with Gasteiger partial charge in [0.05, 0.1) is 31.5 Å². The molecule has 182 valence electrons. The Kier molecular flexibility index (Phi) is 5.81. The number of pyridine rings is 1. The highest BCUT2D eigenvalue weighted by atomic mass is 35.5. The van der Waals surface area contributed by atoms with Gasteiger partial charge in [0.25, 0.3) is 0 Å². The van der Waals surface area contributed by atoms with E-state index in [1.54, 1.807) is 6.20 Å². The summed E-state index contributed by atoms with van der Waals surface area (Å²) in [5, 5.41) is 16.2. The molecular weight excluding hydrogens is 454 g/mol. The number of hydrogen-bond acceptors (Lipinski definition) is 6. The van der Waals surface area contributed by atoms with Crippen molar-refractivity contribution < 1.29 is 19.4 Å². The maximum Gasteiger partial charge on any atom is 0.229 e. The van der Waals surface area contributed by atoms with E-state index in [9.17, 15) is 9.90 Å². The molecule has 4 heterocycles. The van der Waals surface area contributed by atoms with Gasteiger partial charge in [-0.25, -0.2) is 4.98 Å². The third-order valence-electron chi connectivity index (χ3n) is 8.67. The monoisotopic (exact) mass is 485 g/mol. The number of anilines is 1. The van der Waals surface area contributed by atoms with Crippen molar-refractivity contribution in [1.29, 1.82) is 0 Å². The van der Waals surface area contributed by atoms with E-state index in [-0.39, 0.29) is 17.4 Å². The second kappa shape index (κ2) is 8.71. The molecule has 8 heteroatoms. The number of amides is 1. The molecule has 4 fully saturated rings. The van der Waals surface area contributed by atoms with Crippen molar-refractivity contribution in [3.8, 4) is 0 Å². The van der Waals surface area contributed by atoms with Gasteiger partial charge >= 0.3 is 0 Å². The molecule has 0 spiro atoms. The minimum atomic E-state index is -0.443. The average Bonchev–Trinajstić information content (AvgIpc) is 3.48. The molecule has 5 atom stereocenters. The van der Waals surface area contributed by atoms with E-state index < -0.39 is 6.10 Å². The van der Waals surface area contributed by atoms with Crippen LogP contribution in [0.1, 0.15) is 37.7 Å². The fourth-order valence-electron chi connectivity index (χ4n) is 6.32. The number of ether oxygens (including phenoxy) is 2. The first-order chi connectivity index (χ1) is 16.4. The number of carbonyl (C=O) groups excluding carboxylic acids is 1. The number of aromatic nitrogens is 1. The molecule has 0 unspecified atom stereocenters. The molecule has 0 radical (unpaired) electrons. The fourth-order valence-corrected chi connectivity index (χ4v) is 6.65. The van der Waals surface area contributed by atoms with E-state index >= 15 is 0 Å². The molecule has 2 N–H and O–H groups in total. The van der Waals surface area contributed by atoms with Gasteiger partial charge in [0.2, 0.25) is 5.91 Å². The summed E-state index contributed by atoms with van der Waals surface area (Å²) in [6, 6.07) is 6.10. The Morgan fingerprint density at radius 3 is 2.68 bits per heavy atom. The Morgan fingerprint density at radius 2 is 1.97 bits per heavy atom. The summed E-state index contributed by atoms with van der Waals surface area (Å²) in [6.45, 7) is 6.35. The molecule has 1 amide bonds. The van der Waals surface area contributed by atoms with Crippen molar-refractivity contribution in [2.75, 3.05) is 44.8 Å². The molecule has 3 aliphatic heterocycles. The number of piperidine rings is 1.